The van der Waals surface area contributed by atoms with Crippen molar-refractivity contribution in [1.29, 1.82) is 0 Å². The number of carbonyl (C=O) groups is 1. The van der Waals surface area contributed by atoms with Gasteiger partial charge in [0.1, 0.15) is 19.0 Å². The summed E-state index contributed by atoms with van der Waals surface area (Å²) in [7, 11) is 0. The number of hydrogen-bond donors (Lipinski definition) is 0. The number of nitro benzene ring substituents is 1. The van der Waals surface area contributed by atoms with Crippen molar-refractivity contribution in [3.63, 3.8) is 0 Å². The second-order valence-electron chi connectivity index (χ2n) is 4.71. The van der Waals surface area contributed by atoms with Gasteiger partial charge in [-0.25, -0.2) is 4.79 Å². The van der Waals surface area contributed by atoms with Crippen molar-refractivity contribution < 1.29 is 23.9 Å². The average molecular weight is 331 g/mol. The van der Waals surface area contributed by atoms with Crippen LogP contribution in [0.15, 0.2) is 54.6 Å². The lowest BCUT2D eigenvalue weighted by atomic mass is 10.2. The molecule has 0 heterocycles. The van der Waals surface area contributed by atoms with Crippen molar-refractivity contribution >= 4 is 11.7 Å². The largest absolute Gasteiger partial charge is 0.491 e. The fourth-order valence-corrected chi connectivity index (χ4v) is 1.84. The monoisotopic (exact) mass is 331 g/mol. The number of esters is 1. The third-order valence-corrected chi connectivity index (χ3v) is 3.01. The van der Waals surface area contributed by atoms with Crippen LogP contribution in [-0.2, 0) is 9.47 Å². The summed E-state index contributed by atoms with van der Waals surface area (Å²) in [6, 6.07) is 14.5. The average Bonchev–Trinajstić information content (AvgIpc) is 2.62. The molecule has 0 aliphatic carbocycles. The first-order valence-electron chi connectivity index (χ1n) is 7.34. The molecule has 0 radical (unpaired) electrons. The molecule has 0 aromatic heterocycles. The summed E-state index contributed by atoms with van der Waals surface area (Å²) in [5.41, 5.74) is 0.512. The number of carbonyl (C=O) groups excluding carboxylic acids is 1. The molecule has 0 amide bonds. The SMILES string of the molecule is O=C(OCCOCCOc1ccc([N+](=O)[O-])cc1)c1ccccc1. The summed E-state index contributed by atoms with van der Waals surface area (Å²) >= 11 is 0. The van der Waals surface area contributed by atoms with Gasteiger partial charge in [-0.1, -0.05) is 18.2 Å². The zero-order chi connectivity index (χ0) is 17.2. The number of benzene rings is 2. The maximum Gasteiger partial charge on any atom is 0.338 e. The molecular formula is C17H17NO6. The van der Waals surface area contributed by atoms with Gasteiger partial charge in [0.05, 0.1) is 23.7 Å². The minimum absolute atomic E-state index is 0.0128. The number of non-ortho nitro benzene ring substituents is 1. The molecule has 0 aliphatic rings. The molecule has 7 heteroatoms. The van der Waals surface area contributed by atoms with E-state index in [4.69, 9.17) is 14.2 Å². The highest BCUT2D eigenvalue weighted by molar-refractivity contribution is 5.89. The first-order valence-corrected chi connectivity index (χ1v) is 7.34. The Balaban J connectivity index is 1.55. The number of hydrogen-bond acceptors (Lipinski definition) is 6. The lowest BCUT2D eigenvalue weighted by molar-refractivity contribution is -0.384. The second kappa shape index (κ2) is 9.26. The molecule has 0 atom stereocenters. The highest BCUT2D eigenvalue weighted by Gasteiger charge is 2.06. The molecule has 0 saturated carbocycles. The fourth-order valence-electron chi connectivity index (χ4n) is 1.84. The van der Waals surface area contributed by atoms with Crippen molar-refractivity contribution in [3.8, 4) is 5.75 Å². The normalized spacial score (nSPS) is 10.2. The molecule has 2 rings (SSSR count). The quantitative estimate of drug-likeness (QED) is 0.304. The van der Waals surface area contributed by atoms with Crippen molar-refractivity contribution in [2.75, 3.05) is 26.4 Å². The van der Waals surface area contributed by atoms with E-state index >= 15 is 0 Å². The molecule has 2 aromatic carbocycles. The molecule has 0 N–H and O–H groups in total. The van der Waals surface area contributed by atoms with Crippen LogP contribution in [0.2, 0.25) is 0 Å². The summed E-state index contributed by atoms with van der Waals surface area (Å²) in [6.45, 7) is 1.04. The van der Waals surface area contributed by atoms with E-state index in [9.17, 15) is 14.9 Å². The Morgan fingerprint density at radius 3 is 2.25 bits per heavy atom. The minimum Gasteiger partial charge on any atom is -0.491 e. The van der Waals surface area contributed by atoms with Crippen molar-refractivity contribution in [2.24, 2.45) is 0 Å². The van der Waals surface area contributed by atoms with Gasteiger partial charge in [0.2, 0.25) is 0 Å². The fraction of sp³-hybridized carbons (Fsp3) is 0.235. The van der Waals surface area contributed by atoms with E-state index in [0.717, 1.165) is 0 Å². The van der Waals surface area contributed by atoms with E-state index in [-0.39, 0.29) is 24.9 Å². The lowest BCUT2D eigenvalue weighted by Gasteiger charge is -2.08. The summed E-state index contributed by atoms with van der Waals surface area (Å²) in [5.74, 6) is 0.140. The minimum atomic E-state index is -0.469. The number of ether oxygens (including phenoxy) is 3. The molecular weight excluding hydrogens is 314 g/mol. The first kappa shape index (κ1) is 17.4. The Hall–Kier alpha value is -2.93. The van der Waals surface area contributed by atoms with Crippen LogP contribution in [0.3, 0.4) is 0 Å². The van der Waals surface area contributed by atoms with Gasteiger partial charge in [-0.3, -0.25) is 10.1 Å². The topological polar surface area (TPSA) is 87.9 Å². The summed E-state index contributed by atoms with van der Waals surface area (Å²) in [4.78, 5) is 21.7. The molecule has 24 heavy (non-hydrogen) atoms. The molecule has 7 nitrogen and oxygen atoms in total. The second-order valence-corrected chi connectivity index (χ2v) is 4.71. The number of nitrogens with zero attached hydrogens (tertiary/aromatic N) is 1. The van der Waals surface area contributed by atoms with Crippen LogP contribution >= 0.6 is 0 Å². The molecule has 0 aliphatic heterocycles. The van der Waals surface area contributed by atoms with Crippen molar-refractivity contribution in [2.45, 2.75) is 0 Å². The van der Waals surface area contributed by atoms with E-state index in [2.05, 4.69) is 0 Å². The van der Waals surface area contributed by atoms with E-state index in [1.165, 1.54) is 24.3 Å². The van der Waals surface area contributed by atoms with Crippen LogP contribution in [0.4, 0.5) is 5.69 Å². The highest BCUT2D eigenvalue weighted by atomic mass is 16.6. The Morgan fingerprint density at radius 1 is 0.917 bits per heavy atom. The lowest BCUT2D eigenvalue weighted by Crippen LogP contribution is -2.13. The Labute approximate surface area is 138 Å². The molecule has 0 unspecified atom stereocenters. The zero-order valence-corrected chi connectivity index (χ0v) is 12.9. The van der Waals surface area contributed by atoms with Crippen LogP contribution in [0, 0.1) is 10.1 Å². The predicted octanol–water partition coefficient (Wildman–Crippen LogP) is 2.85. The highest BCUT2D eigenvalue weighted by Crippen LogP contribution is 2.17. The molecule has 0 spiro atoms. The van der Waals surface area contributed by atoms with Crippen LogP contribution < -0.4 is 4.74 Å². The van der Waals surface area contributed by atoms with Gasteiger partial charge < -0.3 is 14.2 Å². The zero-order valence-electron chi connectivity index (χ0n) is 12.9. The van der Waals surface area contributed by atoms with Gasteiger partial charge in [-0.2, -0.15) is 0 Å². The number of nitro groups is 1. The van der Waals surface area contributed by atoms with Gasteiger partial charge in [-0.05, 0) is 24.3 Å². The van der Waals surface area contributed by atoms with Crippen molar-refractivity contribution in [3.05, 3.63) is 70.3 Å². The summed E-state index contributed by atoms with van der Waals surface area (Å²) < 4.78 is 15.7. The maximum absolute atomic E-state index is 11.6. The first-order chi connectivity index (χ1) is 11.7. The Morgan fingerprint density at radius 2 is 1.58 bits per heavy atom. The van der Waals surface area contributed by atoms with Gasteiger partial charge in [-0.15, -0.1) is 0 Å². The molecule has 0 bridgehead atoms. The molecule has 126 valence electrons. The Kier molecular flexibility index (Phi) is 6.73. The molecule has 2 aromatic rings. The smallest absolute Gasteiger partial charge is 0.338 e. The standard InChI is InChI=1S/C17H17NO6/c19-17(14-4-2-1-3-5-14)24-13-11-22-10-12-23-16-8-6-15(7-9-16)18(20)21/h1-9H,10-13H2. The van der Waals surface area contributed by atoms with E-state index in [1.807, 2.05) is 6.07 Å². The van der Waals surface area contributed by atoms with E-state index in [1.54, 1.807) is 24.3 Å². The van der Waals surface area contributed by atoms with Crippen LogP contribution in [0.1, 0.15) is 10.4 Å². The number of rotatable bonds is 9. The molecule has 0 saturated heterocycles. The van der Waals surface area contributed by atoms with Gasteiger partial charge in [0, 0.05) is 12.1 Å². The van der Waals surface area contributed by atoms with Crippen LogP contribution in [-0.4, -0.2) is 37.3 Å². The van der Waals surface area contributed by atoms with Gasteiger partial charge in [0.25, 0.3) is 5.69 Å². The Bertz CT molecular complexity index is 657. The maximum atomic E-state index is 11.6. The third kappa shape index (κ3) is 5.69. The van der Waals surface area contributed by atoms with Crippen molar-refractivity contribution in [1.82, 2.24) is 0 Å². The van der Waals surface area contributed by atoms with Gasteiger partial charge in [0.15, 0.2) is 0 Å². The van der Waals surface area contributed by atoms with Gasteiger partial charge >= 0.3 is 5.97 Å². The van der Waals surface area contributed by atoms with E-state index < -0.39 is 4.92 Å². The molecule has 0 fully saturated rings. The van der Waals surface area contributed by atoms with Crippen LogP contribution in [0.5, 0.6) is 5.75 Å². The summed E-state index contributed by atoms with van der Waals surface area (Å²) in [6.07, 6.45) is 0. The third-order valence-electron chi connectivity index (χ3n) is 3.01. The summed E-state index contributed by atoms with van der Waals surface area (Å²) in [5, 5.41) is 10.5. The van der Waals surface area contributed by atoms with Crippen LogP contribution in [0.25, 0.3) is 0 Å². The predicted molar refractivity (Wildman–Crippen MR) is 86.1 cm³/mol. The van der Waals surface area contributed by atoms with E-state index in [0.29, 0.717) is 24.5 Å².